The number of amides is 1. The molecular weight excluding hydrogens is 393 g/mol. The highest BCUT2D eigenvalue weighted by Gasteiger charge is 2.54. The topological polar surface area (TPSA) is 64.9 Å². The number of nitrogens with one attached hydrogen (secondary N) is 1. The van der Waals surface area contributed by atoms with Gasteiger partial charge in [-0.25, -0.2) is 9.40 Å². The van der Waals surface area contributed by atoms with Gasteiger partial charge in [0, 0.05) is 5.92 Å². The van der Waals surface area contributed by atoms with Crippen LogP contribution >= 0.6 is 0 Å². The summed E-state index contributed by atoms with van der Waals surface area (Å²) < 4.78 is 13.6. The third-order valence-electron chi connectivity index (χ3n) is 5.95. The van der Waals surface area contributed by atoms with Crippen LogP contribution in [0.3, 0.4) is 0 Å². The number of para-hydroxylation sites is 1. The van der Waals surface area contributed by atoms with Crippen LogP contribution < -0.4 is 10.3 Å². The molecule has 0 aromatic heterocycles. The van der Waals surface area contributed by atoms with Crippen molar-refractivity contribution in [2.24, 2.45) is 11.0 Å². The Morgan fingerprint density at radius 3 is 2.42 bits per heavy atom. The first kappa shape index (κ1) is 22.9. The highest BCUT2D eigenvalue weighted by Crippen LogP contribution is 2.42. The molecule has 166 valence electrons. The van der Waals surface area contributed by atoms with Gasteiger partial charge >= 0.3 is 0 Å². The van der Waals surface area contributed by atoms with Gasteiger partial charge < -0.3 is 10.4 Å². The molecule has 1 aliphatic rings. The van der Waals surface area contributed by atoms with E-state index in [1.807, 2.05) is 37.3 Å². The van der Waals surface area contributed by atoms with Crippen LogP contribution in [-0.4, -0.2) is 34.4 Å². The molecule has 2 aromatic rings. The zero-order valence-electron chi connectivity index (χ0n) is 18.7. The number of hydrazone groups is 1. The van der Waals surface area contributed by atoms with Crippen molar-refractivity contribution < 1.29 is 14.3 Å². The van der Waals surface area contributed by atoms with Crippen molar-refractivity contribution in [3.63, 3.8) is 0 Å². The number of unbranched alkanes of at least 4 members (excludes halogenated alkanes) is 1. The maximum Gasteiger partial charge on any atom is 0.248 e. The van der Waals surface area contributed by atoms with Crippen molar-refractivity contribution in [1.82, 2.24) is 5.32 Å². The quantitative estimate of drug-likeness (QED) is 0.654. The van der Waals surface area contributed by atoms with E-state index in [0.29, 0.717) is 0 Å². The summed E-state index contributed by atoms with van der Waals surface area (Å²) in [6.07, 6.45) is 2.68. The molecule has 2 atom stereocenters. The minimum Gasteiger partial charge on any atom is -0.394 e. The van der Waals surface area contributed by atoms with E-state index in [0.717, 1.165) is 36.2 Å². The molecule has 0 radical (unpaired) electrons. The highest BCUT2D eigenvalue weighted by atomic mass is 19.1. The predicted octanol–water partition coefficient (Wildman–Crippen LogP) is 4.50. The fourth-order valence-corrected chi connectivity index (χ4v) is 4.02. The van der Waals surface area contributed by atoms with Crippen LogP contribution in [-0.2, 0) is 4.79 Å². The monoisotopic (exact) mass is 425 g/mol. The second-order valence-electron chi connectivity index (χ2n) is 8.98. The fraction of sp³-hybridized carbons (Fsp3) is 0.440. The minimum atomic E-state index is -1.01. The Morgan fingerprint density at radius 2 is 1.84 bits per heavy atom. The summed E-state index contributed by atoms with van der Waals surface area (Å²) in [5.74, 6) is -0.706. The lowest BCUT2D eigenvalue weighted by Crippen LogP contribution is -2.62. The average Bonchev–Trinajstić information content (AvgIpc) is 3.06. The van der Waals surface area contributed by atoms with Gasteiger partial charge in [0.25, 0.3) is 0 Å². The van der Waals surface area contributed by atoms with E-state index < -0.39 is 11.1 Å². The molecular formula is C25H32FN3O2. The molecule has 6 heteroatoms. The van der Waals surface area contributed by atoms with Crippen LogP contribution in [0.4, 0.5) is 10.1 Å². The van der Waals surface area contributed by atoms with Gasteiger partial charge in [0.2, 0.25) is 5.91 Å². The third-order valence-corrected chi connectivity index (χ3v) is 5.95. The maximum absolute atomic E-state index is 13.7. The summed E-state index contributed by atoms with van der Waals surface area (Å²) >= 11 is 0. The maximum atomic E-state index is 13.7. The molecule has 0 spiro atoms. The smallest absolute Gasteiger partial charge is 0.248 e. The third kappa shape index (κ3) is 4.64. The van der Waals surface area contributed by atoms with Crippen LogP contribution in [0.5, 0.6) is 0 Å². The molecule has 1 amide bonds. The Labute approximate surface area is 184 Å². The molecule has 0 bridgehead atoms. The van der Waals surface area contributed by atoms with Crippen molar-refractivity contribution in [3.8, 4) is 0 Å². The number of benzene rings is 2. The lowest BCUT2D eigenvalue weighted by atomic mass is 9.76. The molecule has 5 nitrogen and oxygen atoms in total. The lowest BCUT2D eigenvalue weighted by molar-refractivity contribution is -0.129. The van der Waals surface area contributed by atoms with Crippen LogP contribution in [0.15, 0.2) is 59.7 Å². The van der Waals surface area contributed by atoms with E-state index in [1.54, 1.807) is 31.0 Å². The van der Waals surface area contributed by atoms with Crippen LogP contribution in [0, 0.1) is 11.7 Å². The predicted molar refractivity (Wildman–Crippen MR) is 123 cm³/mol. The fourth-order valence-electron chi connectivity index (χ4n) is 4.02. The van der Waals surface area contributed by atoms with Gasteiger partial charge in [0.1, 0.15) is 11.4 Å². The number of carbonyl (C=O) groups excluding carboxylic acids is 1. The van der Waals surface area contributed by atoms with E-state index in [9.17, 15) is 14.3 Å². The summed E-state index contributed by atoms with van der Waals surface area (Å²) in [7, 11) is 0. The molecule has 0 saturated carbocycles. The Balaban J connectivity index is 2.13. The minimum absolute atomic E-state index is 0.175. The molecule has 0 aliphatic carbocycles. The van der Waals surface area contributed by atoms with E-state index in [1.165, 1.54) is 12.1 Å². The number of halogens is 1. The van der Waals surface area contributed by atoms with Gasteiger partial charge in [0.05, 0.1) is 23.5 Å². The molecule has 2 unspecified atom stereocenters. The SMILES string of the molecule is CCCCC1C(c2ccc(F)cc2)=NN(c2ccccc2)C1(C)C(=O)NC(C)(C)CO. The first-order valence-electron chi connectivity index (χ1n) is 10.9. The molecule has 1 heterocycles. The number of aliphatic hydroxyl groups is 1. The summed E-state index contributed by atoms with van der Waals surface area (Å²) in [4.78, 5) is 13.7. The number of anilines is 1. The van der Waals surface area contributed by atoms with E-state index >= 15 is 0 Å². The van der Waals surface area contributed by atoms with Crippen LogP contribution in [0.1, 0.15) is 52.5 Å². The lowest BCUT2D eigenvalue weighted by Gasteiger charge is -2.40. The van der Waals surface area contributed by atoms with Gasteiger partial charge in [-0.2, -0.15) is 5.10 Å². The van der Waals surface area contributed by atoms with Crippen molar-refractivity contribution in [2.75, 3.05) is 11.6 Å². The molecule has 31 heavy (non-hydrogen) atoms. The number of aliphatic hydroxyl groups excluding tert-OH is 1. The number of hydrogen-bond donors (Lipinski definition) is 2. The Kier molecular flexibility index (Phi) is 6.80. The van der Waals surface area contributed by atoms with E-state index in [2.05, 4.69) is 12.2 Å². The van der Waals surface area contributed by atoms with Gasteiger partial charge in [-0.3, -0.25) is 4.79 Å². The number of hydrogen-bond acceptors (Lipinski definition) is 4. The number of rotatable bonds is 8. The number of nitrogens with zero attached hydrogens (tertiary/aromatic N) is 2. The van der Waals surface area contributed by atoms with E-state index in [-0.39, 0.29) is 24.2 Å². The Bertz CT molecular complexity index is 928. The second-order valence-corrected chi connectivity index (χ2v) is 8.98. The average molecular weight is 426 g/mol. The van der Waals surface area contributed by atoms with Crippen molar-refractivity contribution in [3.05, 3.63) is 66.0 Å². The zero-order valence-corrected chi connectivity index (χ0v) is 18.7. The first-order chi connectivity index (χ1) is 14.7. The van der Waals surface area contributed by atoms with Crippen molar-refractivity contribution in [1.29, 1.82) is 0 Å². The Hall–Kier alpha value is -2.73. The van der Waals surface area contributed by atoms with Crippen LogP contribution in [0.25, 0.3) is 0 Å². The molecule has 0 saturated heterocycles. The standard InChI is InChI=1S/C25H32FN3O2/c1-5-6-12-21-22(18-13-15-19(26)16-14-18)28-29(20-10-8-7-9-11-20)25(21,4)23(31)27-24(2,3)17-30/h7-11,13-16,21,30H,5-6,12,17H2,1-4H3,(H,27,31). The van der Waals surface area contributed by atoms with Crippen molar-refractivity contribution in [2.45, 2.75) is 58.0 Å². The zero-order chi connectivity index (χ0) is 22.6. The first-order valence-corrected chi connectivity index (χ1v) is 10.9. The van der Waals surface area contributed by atoms with Gasteiger partial charge in [-0.1, -0.05) is 50.1 Å². The molecule has 2 aromatic carbocycles. The van der Waals surface area contributed by atoms with Gasteiger partial charge in [-0.15, -0.1) is 0 Å². The summed E-state index contributed by atoms with van der Waals surface area (Å²) in [6.45, 7) is 7.43. The highest BCUT2D eigenvalue weighted by molar-refractivity contribution is 6.10. The normalized spacial score (nSPS) is 21.2. The largest absolute Gasteiger partial charge is 0.394 e. The molecule has 0 fully saturated rings. The molecule has 2 N–H and O–H groups in total. The molecule has 1 aliphatic heterocycles. The summed E-state index contributed by atoms with van der Waals surface area (Å²) in [5, 5.41) is 19.4. The van der Waals surface area contributed by atoms with Crippen molar-refractivity contribution >= 4 is 17.3 Å². The van der Waals surface area contributed by atoms with Gasteiger partial charge in [0.15, 0.2) is 0 Å². The second kappa shape index (κ2) is 9.18. The molecule has 3 rings (SSSR count). The number of carbonyl (C=O) groups is 1. The van der Waals surface area contributed by atoms with Gasteiger partial charge in [-0.05, 0) is 57.0 Å². The Morgan fingerprint density at radius 1 is 1.19 bits per heavy atom. The van der Waals surface area contributed by atoms with E-state index in [4.69, 9.17) is 5.10 Å². The van der Waals surface area contributed by atoms with Crippen LogP contribution in [0.2, 0.25) is 0 Å². The summed E-state index contributed by atoms with van der Waals surface area (Å²) in [6, 6.07) is 15.9. The summed E-state index contributed by atoms with van der Waals surface area (Å²) in [5.41, 5.74) is 0.613.